The Kier molecular flexibility index (Phi) is 52.6. The van der Waals surface area contributed by atoms with E-state index in [2.05, 4.69) is 43.5 Å². The largest absolute Gasteiger partial charge is 0.472 e. The number of hydrogen-bond donors (Lipinski definition) is 3. The molecule has 71 heavy (non-hydrogen) atoms. The first-order valence-electron chi connectivity index (χ1n) is 30.9. The Balaban J connectivity index is 4.21. The van der Waals surface area contributed by atoms with Crippen LogP contribution in [0.2, 0.25) is 0 Å². The molecule has 9 heteroatoms. The smallest absolute Gasteiger partial charge is 0.387 e. The molecule has 0 rings (SSSR count). The fourth-order valence-corrected chi connectivity index (χ4v) is 9.99. The lowest BCUT2D eigenvalue weighted by Crippen LogP contribution is -2.45. The van der Waals surface area contributed by atoms with Gasteiger partial charge in [-0.05, 0) is 44.9 Å². The van der Waals surface area contributed by atoms with E-state index >= 15 is 0 Å². The second-order valence-electron chi connectivity index (χ2n) is 22.4. The van der Waals surface area contributed by atoms with Gasteiger partial charge in [-0.15, -0.1) is 0 Å². The van der Waals surface area contributed by atoms with Crippen molar-refractivity contribution in [2.45, 2.75) is 315 Å². The van der Waals surface area contributed by atoms with Gasteiger partial charge >= 0.3 is 7.82 Å². The number of carbonyl (C=O) groups excluding carboxylic acids is 1. The molecule has 0 aromatic rings. The van der Waals surface area contributed by atoms with Crippen molar-refractivity contribution in [1.82, 2.24) is 5.32 Å². The number of amides is 1. The van der Waals surface area contributed by atoms with Crippen LogP contribution >= 0.6 is 7.82 Å². The summed E-state index contributed by atoms with van der Waals surface area (Å²) < 4.78 is 23.7. The van der Waals surface area contributed by atoms with Gasteiger partial charge in [-0.2, -0.15) is 0 Å². The summed E-state index contributed by atoms with van der Waals surface area (Å²) in [5.41, 5.74) is 0. The van der Waals surface area contributed by atoms with Crippen molar-refractivity contribution in [3.05, 3.63) is 36.5 Å². The molecule has 0 saturated heterocycles. The minimum Gasteiger partial charge on any atom is -0.387 e. The summed E-state index contributed by atoms with van der Waals surface area (Å²) in [4.78, 5) is 23.3. The van der Waals surface area contributed by atoms with Gasteiger partial charge in [0.05, 0.1) is 39.9 Å². The van der Waals surface area contributed by atoms with E-state index in [1.807, 2.05) is 27.2 Å². The van der Waals surface area contributed by atoms with Crippen molar-refractivity contribution in [3.8, 4) is 0 Å². The number of unbranched alkanes of at least 4 members (excludes halogenated alkanes) is 40. The number of nitrogens with one attached hydrogen (secondary N) is 1. The van der Waals surface area contributed by atoms with Crippen LogP contribution in [0.3, 0.4) is 0 Å². The summed E-state index contributed by atoms with van der Waals surface area (Å²) in [6.45, 7) is 4.83. The number of aliphatic hydroxyl groups is 1. The van der Waals surface area contributed by atoms with E-state index in [1.54, 1.807) is 6.08 Å². The second kappa shape index (κ2) is 53.5. The molecule has 3 unspecified atom stereocenters. The summed E-state index contributed by atoms with van der Waals surface area (Å²) in [7, 11) is 1.56. The number of phosphoric acid groups is 1. The molecular weight excluding hydrogens is 900 g/mol. The molecule has 0 aliphatic rings. The van der Waals surface area contributed by atoms with Gasteiger partial charge in [0.1, 0.15) is 13.2 Å². The number of hydrogen-bond acceptors (Lipinski definition) is 5. The first-order valence-corrected chi connectivity index (χ1v) is 32.4. The summed E-state index contributed by atoms with van der Waals surface area (Å²) in [6, 6.07) is -0.868. The average Bonchev–Trinajstić information content (AvgIpc) is 3.33. The van der Waals surface area contributed by atoms with E-state index in [9.17, 15) is 19.4 Å². The van der Waals surface area contributed by atoms with Gasteiger partial charge in [0.2, 0.25) is 5.91 Å². The van der Waals surface area contributed by atoms with Crippen LogP contribution in [0.15, 0.2) is 36.5 Å². The first kappa shape index (κ1) is 69.7. The number of rotatable bonds is 57. The molecule has 0 heterocycles. The normalized spacial score (nSPS) is 14.1. The molecule has 3 atom stereocenters. The summed E-state index contributed by atoms with van der Waals surface area (Å²) >= 11 is 0. The summed E-state index contributed by atoms with van der Waals surface area (Å²) in [6.07, 6.45) is 69.8. The molecule has 0 saturated carbocycles. The standard InChI is InChI=1S/C62H121N2O6P/c1-6-8-10-12-14-16-18-20-22-24-26-28-29-30-31-32-33-34-36-37-39-41-43-45-47-49-51-53-55-61(65)60(59-70-71(67,68)69-58-57-64(3,4)5)63-62(66)56-54-52-50-48-46-44-42-40-38-35-27-25-23-21-19-17-15-13-11-9-7-2/h37,39,45,47,53,55,60-61,65H,6-36,38,40-44,46,48-52,54,56-59H2,1-5H3,(H-,63,66,67,68)/p+1/b39-37+,47-45+,55-53+. The van der Waals surface area contributed by atoms with Crippen LogP contribution in [-0.4, -0.2) is 73.4 Å². The van der Waals surface area contributed by atoms with Crippen LogP contribution in [0.4, 0.5) is 0 Å². The van der Waals surface area contributed by atoms with E-state index in [0.29, 0.717) is 17.4 Å². The molecule has 0 fully saturated rings. The van der Waals surface area contributed by atoms with Crippen LogP contribution in [-0.2, 0) is 18.4 Å². The topological polar surface area (TPSA) is 105 Å². The maximum atomic E-state index is 13.0. The number of aliphatic hydroxyl groups excluding tert-OH is 1. The van der Waals surface area contributed by atoms with Gasteiger partial charge in [0.25, 0.3) is 0 Å². The fourth-order valence-electron chi connectivity index (χ4n) is 9.25. The van der Waals surface area contributed by atoms with Gasteiger partial charge in [0.15, 0.2) is 0 Å². The highest BCUT2D eigenvalue weighted by Gasteiger charge is 2.27. The molecule has 1 amide bonds. The second-order valence-corrected chi connectivity index (χ2v) is 23.9. The molecule has 0 radical (unpaired) electrons. The third kappa shape index (κ3) is 56.3. The third-order valence-electron chi connectivity index (χ3n) is 14.1. The zero-order valence-corrected chi connectivity index (χ0v) is 48.9. The third-order valence-corrected chi connectivity index (χ3v) is 15.1. The Labute approximate surface area is 442 Å². The minimum atomic E-state index is -4.36. The van der Waals surface area contributed by atoms with E-state index < -0.39 is 20.0 Å². The molecule has 8 nitrogen and oxygen atoms in total. The molecule has 0 aliphatic heterocycles. The van der Waals surface area contributed by atoms with Gasteiger partial charge < -0.3 is 19.8 Å². The lowest BCUT2D eigenvalue weighted by atomic mass is 10.0. The van der Waals surface area contributed by atoms with Crippen LogP contribution in [0.25, 0.3) is 0 Å². The number of phosphoric ester groups is 1. The quantitative estimate of drug-likeness (QED) is 0.0243. The van der Waals surface area contributed by atoms with Crippen LogP contribution in [0.5, 0.6) is 0 Å². The van der Waals surface area contributed by atoms with E-state index in [-0.39, 0.29) is 19.1 Å². The highest BCUT2D eigenvalue weighted by molar-refractivity contribution is 7.47. The van der Waals surface area contributed by atoms with Gasteiger partial charge in [-0.3, -0.25) is 13.8 Å². The Morgan fingerprint density at radius 2 is 0.775 bits per heavy atom. The highest BCUT2D eigenvalue weighted by Crippen LogP contribution is 2.43. The zero-order valence-electron chi connectivity index (χ0n) is 48.0. The molecular formula is C62H122N2O6P+. The predicted molar refractivity (Wildman–Crippen MR) is 309 cm³/mol. The average molecular weight is 1020 g/mol. The number of nitrogens with zero attached hydrogens (tertiary/aromatic N) is 1. The molecule has 0 aromatic carbocycles. The molecule has 0 bridgehead atoms. The Hall–Kier alpha value is -1.28. The lowest BCUT2D eigenvalue weighted by molar-refractivity contribution is -0.870. The minimum absolute atomic E-state index is 0.0552. The Morgan fingerprint density at radius 3 is 1.13 bits per heavy atom. The van der Waals surface area contributed by atoms with Gasteiger partial charge in [-0.1, -0.05) is 288 Å². The number of carbonyl (C=O) groups is 1. The summed E-state index contributed by atoms with van der Waals surface area (Å²) in [5, 5.41) is 13.9. The van der Waals surface area contributed by atoms with Crippen molar-refractivity contribution in [2.75, 3.05) is 40.9 Å². The van der Waals surface area contributed by atoms with E-state index in [4.69, 9.17) is 9.05 Å². The fraction of sp³-hybridized carbons (Fsp3) is 0.887. The van der Waals surface area contributed by atoms with Crippen molar-refractivity contribution < 1.29 is 32.9 Å². The SMILES string of the molecule is CCCCCCCCCCCCCCCCCCCC/C=C/CC/C=C/CC/C=C/C(O)C(COP(=O)(O)OCC[N+](C)(C)C)NC(=O)CCCCCCCCCCCCCCCCCCCCCCC. The van der Waals surface area contributed by atoms with Crippen molar-refractivity contribution in [3.63, 3.8) is 0 Å². The maximum Gasteiger partial charge on any atom is 0.472 e. The van der Waals surface area contributed by atoms with E-state index in [0.717, 1.165) is 44.9 Å². The molecule has 3 N–H and O–H groups in total. The zero-order chi connectivity index (χ0) is 52.0. The highest BCUT2D eigenvalue weighted by atomic mass is 31.2. The Morgan fingerprint density at radius 1 is 0.465 bits per heavy atom. The molecule has 0 aliphatic carbocycles. The molecule has 0 aromatic heterocycles. The lowest BCUT2D eigenvalue weighted by Gasteiger charge is -2.25. The number of quaternary nitrogens is 1. The van der Waals surface area contributed by atoms with Gasteiger partial charge in [0, 0.05) is 6.42 Å². The van der Waals surface area contributed by atoms with E-state index in [1.165, 1.54) is 238 Å². The van der Waals surface area contributed by atoms with Gasteiger partial charge in [-0.25, -0.2) is 4.57 Å². The Bertz CT molecular complexity index is 1250. The monoisotopic (exact) mass is 1020 g/mol. The maximum absolute atomic E-state index is 13.0. The first-order chi connectivity index (χ1) is 34.5. The molecule has 420 valence electrons. The van der Waals surface area contributed by atoms with Crippen LogP contribution in [0, 0.1) is 0 Å². The van der Waals surface area contributed by atoms with Crippen LogP contribution in [0.1, 0.15) is 303 Å². The van der Waals surface area contributed by atoms with Crippen molar-refractivity contribution >= 4 is 13.7 Å². The van der Waals surface area contributed by atoms with Crippen molar-refractivity contribution in [2.24, 2.45) is 0 Å². The molecule has 0 spiro atoms. The number of likely N-dealkylation sites (N-methyl/N-ethyl adjacent to an activating group) is 1. The summed E-state index contributed by atoms with van der Waals surface area (Å²) in [5.74, 6) is -0.185. The number of allylic oxidation sites excluding steroid dienone is 5. The van der Waals surface area contributed by atoms with Crippen molar-refractivity contribution in [1.29, 1.82) is 0 Å². The predicted octanol–water partition coefficient (Wildman–Crippen LogP) is 18.9. The van der Waals surface area contributed by atoms with Crippen LogP contribution < -0.4 is 5.32 Å².